The van der Waals surface area contributed by atoms with Crippen LogP contribution >= 0.6 is 0 Å². The quantitative estimate of drug-likeness (QED) is 0.646. The summed E-state index contributed by atoms with van der Waals surface area (Å²) in [5.41, 5.74) is 0.370. The maximum Gasteiger partial charge on any atom is 0.171 e. The van der Waals surface area contributed by atoms with Gasteiger partial charge in [-0.2, -0.15) is 0 Å². The fourth-order valence-corrected chi connectivity index (χ4v) is 2.10. The first-order valence-electron chi connectivity index (χ1n) is 6.53. The lowest BCUT2D eigenvalue weighted by molar-refractivity contribution is 0.543. The van der Waals surface area contributed by atoms with Crippen LogP contribution in [-0.2, 0) is 9.84 Å². The Bertz CT molecular complexity index is 304. The molecule has 0 fully saturated rings. The molecule has 0 aliphatic carbocycles. The van der Waals surface area contributed by atoms with Crippen molar-refractivity contribution in [2.45, 2.75) is 62.8 Å². The van der Waals surface area contributed by atoms with Gasteiger partial charge in [-0.1, -0.05) is 74.6 Å². The van der Waals surface area contributed by atoms with E-state index in [1.165, 1.54) is 0 Å². The van der Waals surface area contributed by atoms with E-state index in [2.05, 4.69) is 39.5 Å². The highest BCUT2D eigenvalue weighted by atomic mass is 32.2. The molecule has 3 heteroatoms. The average molecular weight is 293 g/mol. The summed E-state index contributed by atoms with van der Waals surface area (Å²) < 4.78 is 21.4. The van der Waals surface area contributed by atoms with Crippen molar-refractivity contribution in [3.05, 3.63) is 24.1 Å². The van der Waals surface area contributed by atoms with E-state index in [9.17, 15) is 8.42 Å². The van der Waals surface area contributed by atoms with Crippen molar-refractivity contribution in [3.8, 4) is 0 Å². The molecule has 0 unspecified atom stereocenters. The molecular formula is C16H36O2S. The average Bonchev–Trinajstić information content (AvgIpc) is 2.18. The monoisotopic (exact) mass is 292 g/mol. The molecule has 0 radical (unpaired) electrons. The van der Waals surface area contributed by atoms with Gasteiger partial charge in [0.1, 0.15) is 0 Å². The Balaban J connectivity index is -0.000000102. The lowest BCUT2D eigenvalue weighted by Gasteiger charge is -2.09. The highest BCUT2D eigenvalue weighted by molar-refractivity contribution is 7.94. The predicted octanol–water partition coefficient (Wildman–Crippen LogP) is 5.47. The Labute approximate surface area is 122 Å². The standard InChI is InChI=1S/C7H14.C6H12O2S.C2H6.CH4/c1-5-6-7(2,3)4;1-4-9(7,8)5-6(2)3;1-2;/h5-6H,1-4H3;4,6H,1,5H2,2-3H3;1-2H3;1H4/b6-5+;;;. The number of hydrogen-bond acceptors (Lipinski definition) is 2. The molecule has 0 aliphatic heterocycles. The zero-order chi connectivity index (χ0) is 15.4. The molecule has 0 heterocycles. The highest BCUT2D eigenvalue weighted by Gasteiger charge is 2.06. The van der Waals surface area contributed by atoms with Gasteiger partial charge >= 0.3 is 0 Å². The smallest absolute Gasteiger partial charge is 0.171 e. The first-order valence-corrected chi connectivity index (χ1v) is 8.24. The number of rotatable bonds is 3. The van der Waals surface area contributed by atoms with Crippen molar-refractivity contribution in [1.29, 1.82) is 0 Å². The van der Waals surface area contributed by atoms with E-state index in [-0.39, 0.29) is 19.1 Å². The van der Waals surface area contributed by atoms with Crippen molar-refractivity contribution < 1.29 is 8.42 Å². The Morgan fingerprint density at radius 1 is 1.16 bits per heavy atom. The molecule has 0 aromatic rings. The van der Waals surface area contributed by atoms with Crippen molar-refractivity contribution in [3.63, 3.8) is 0 Å². The molecule has 0 aliphatic rings. The van der Waals surface area contributed by atoms with Gasteiger partial charge in [0.15, 0.2) is 9.84 Å². The second-order valence-electron chi connectivity index (χ2n) is 5.26. The zero-order valence-corrected chi connectivity index (χ0v) is 14.3. The van der Waals surface area contributed by atoms with Gasteiger partial charge < -0.3 is 0 Å². The molecule has 2 nitrogen and oxygen atoms in total. The molecule has 118 valence electrons. The summed E-state index contributed by atoms with van der Waals surface area (Å²) in [6.45, 7) is 19.5. The summed E-state index contributed by atoms with van der Waals surface area (Å²) in [4.78, 5) is 0. The summed E-state index contributed by atoms with van der Waals surface area (Å²) >= 11 is 0. The van der Waals surface area contributed by atoms with Crippen LogP contribution in [0.2, 0.25) is 0 Å². The van der Waals surface area contributed by atoms with Gasteiger partial charge in [0.2, 0.25) is 0 Å². The number of sulfone groups is 1. The van der Waals surface area contributed by atoms with Gasteiger partial charge in [-0.15, -0.1) is 0 Å². The SMILES string of the molecule is C.C/C=C/C(C)(C)C.C=CS(=O)(=O)CC(C)C.CC. The van der Waals surface area contributed by atoms with E-state index < -0.39 is 9.84 Å². The van der Waals surface area contributed by atoms with E-state index in [0.29, 0.717) is 5.41 Å². The van der Waals surface area contributed by atoms with Crippen LogP contribution in [0.1, 0.15) is 62.8 Å². The first kappa shape index (κ1) is 26.9. The summed E-state index contributed by atoms with van der Waals surface area (Å²) in [6.07, 6.45) is 4.27. The van der Waals surface area contributed by atoms with Crippen LogP contribution in [0.4, 0.5) is 0 Å². The van der Waals surface area contributed by atoms with Crippen LogP contribution in [0.25, 0.3) is 0 Å². The molecule has 0 rings (SSSR count). The molecule has 0 amide bonds. The van der Waals surface area contributed by atoms with Crippen LogP contribution in [0.5, 0.6) is 0 Å². The van der Waals surface area contributed by atoms with Crippen LogP contribution in [-0.4, -0.2) is 14.2 Å². The topological polar surface area (TPSA) is 34.1 Å². The predicted molar refractivity (Wildman–Crippen MR) is 91.2 cm³/mol. The van der Waals surface area contributed by atoms with Gasteiger partial charge in [0.25, 0.3) is 0 Å². The molecule has 0 aromatic carbocycles. The van der Waals surface area contributed by atoms with Crippen LogP contribution in [0, 0.1) is 11.3 Å². The normalized spacial score (nSPS) is 10.8. The first-order chi connectivity index (χ1) is 8.04. The number of hydrogen-bond donors (Lipinski definition) is 0. The molecule has 19 heavy (non-hydrogen) atoms. The third-order valence-electron chi connectivity index (χ3n) is 1.49. The minimum atomic E-state index is -2.95. The minimum absolute atomic E-state index is 0. The second-order valence-corrected chi connectivity index (χ2v) is 7.25. The highest BCUT2D eigenvalue weighted by Crippen LogP contribution is 2.13. The molecule has 0 spiro atoms. The van der Waals surface area contributed by atoms with Crippen LogP contribution < -0.4 is 0 Å². The molecular weight excluding hydrogens is 256 g/mol. The largest absolute Gasteiger partial charge is 0.224 e. The lowest BCUT2D eigenvalue weighted by Crippen LogP contribution is -2.07. The van der Waals surface area contributed by atoms with Gasteiger partial charge in [-0.25, -0.2) is 8.42 Å². The summed E-state index contributed by atoms with van der Waals surface area (Å²) in [5, 5.41) is 1.01. The minimum Gasteiger partial charge on any atom is -0.224 e. The summed E-state index contributed by atoms with van der Waals surface area (Å²) in [6, 6.07) is 0. The number of allylic oxidation sites excluding steroid dienone is 2. The zero-order valence-electron chi connectivity index (χ0n) is 13.4. The molecule has 0 saturated heterocycles. The van der Waals surface area contributed by atoms with Crippen molar-refractivity contribution in [2.24, 2.45) is 11.3 Å². The molecule has 0 saturated carbocycles. The second kappa shape index (κ2) is 13.9. The molecule has 0 N–H and O–H groups in total. The summed E-state index contributed by atoms with van der Waals surface area (Å²) in [7, 11) is -2.95. The van der Waals surface area contributed by atoms with E-state index in [1.807, 2.05) is 34.6 Å². The van der Waals surface area contributed by atoms with Crippen molar-refractivity contribution in [2.75, 3.05) is 5.75 Å². The van der Waals surface area contributed by atoms with Crippen molar-refractivity contribution >= 4 is 9.84 Å². The van der Waals surface area contributed by atoms with Gasteiger partial charge in [0.05, 0.1) is 5.75 Å². The summed E-state index contributed by atoms with van der Waals surface area (Å²) in [5.74, 6) is 0.393. The van der Waals surface area contributed by atoms with Crippen molar-refractivity contribution in [1.82, 2.24) is 0 Å². The Kier molecular flexibility index (Phi) is 19.6. The Hall–Kier alpha value is -0.570. The maximum absolute atomic E-state index is 10.7. The van der Waals surface area contributed by atoms with E-state index in [1.54, 1.807) is 0 Å². The third-order valence-corrected chi connectivity index (χ3v) is 3.13. The molecule has 0 bridgehead atoms. The molecule has 0 atom stereocenters. The van der Waals surface area contributed by atoms with Crippen LogP contribution in [0.3, 0.4) is 0 Å². The van der Waals surface area contributed by atoms with Gasteiger partial charge in [0, 0.05) is 5.41 Å². The van der Waals surface area contributed by atoms with E-state index in [4.69, 9.17) is 0 Å². The van der Waals surface area contributed by atoms with Gasteiger partial charge in [-0.05, 0) is 18.3 Å². The van der Waals surface area contributed by atoms with Crippen LogP contribution in [0.15, 0.2) is 24.1 Å². The molecule has 0 aromatic heterocycles. The van der Waals surface area contributed by atoms with E-state index in [0.717, 1.165) is 5.41 Å². The lowest BCUT2D eigenvalue weighted by atomic mass is 9.97. The van der Waals surface area contributed by atoms with E-state index >= 15 is 0 Å². The fourth-order valence-electron chi connectivity index (χ4n) is 1.03. The third kappa shape index (κ3) is 31.8. The fraction of sp³-hybridized carbons (Fsp3) is 0.750. The van der Waals surface area contributed by atoms with Gasteiger partial charge in [-0.3, -0.25) is 0 Å². The Morgan fingerprint density at radius 3 is 1.58 bits per heavy atom. The maximum atomic E-state index is 10.7. The Morgan fingerprint density at radius 2 is 1.53 bits per heavy atom.